The summed E-state index contributed by atoms with van der Waals surface area (Å²) in [5, 5.41) is 0. The van der Waals surface area contributed by atoms with Crippen molar-refractivity contribution in [2.45, 2.75) is 32.6 Å². The average Bonchev–Trinajstić information content (AvgIpc) is 1.85. The zero-order chi connectivity index (χ0) is 7.11. The van der Waals surface area contributed by atoms with Crippen molar-refractivity contribution in [1.29, 1.82) is 0 Å². The molecule has 0 rings (SSSR count). The van der Waals surface area contributed by atoms with Gasteiger partial charge >= 0.3 is 18.9 Å². The number of Topliss-reactive ketones (excluding diaryl/α,β-unsaturated/α-hetero) is 1. The zero-order valence-corrected chi connectivity index (χ0v) is 5.64. The van der Waals surface area contributed by atoms with E-state index in [0.29, 0.717) is 6.42 Å². The molecule has 0 aromatic heterocycles. The Bertz CT molecular complexity index is 102. The molecule has 0 saturated heterocycles. The Morgan fingerprint density at radius 1 is 1.50 bits per heavy atom. The maximum absolute atomic E-state index is 10.5. The molecule has 0 bridgehead atoms. The van der Waals surface area contributed by atoms with Crippen molar-refractivity contribution in [2.24, 2.45) is 0 Å². The number of unbranched alkanes of at least 4 members (excludes halogenated alkanes) is 1. The number of carbonyl (C=O) groups excluding carboxylic acids is 2. The van der Waals surface area contributed by atoms with Gasteiger partial charge in [-0.05, 0) is 6.42 Å². The van der Waals surface area contributed by atoms with Crippen LogP contribution in [0.5, 0.6) is 0 Å². The third kappa shape index (κ3) is 7.94. The molecule has 0 aromatic rings. The summed E-state index contributed by atoms with van der Waals surface area (Å²) in [6, 6.07) is 0. The van der Waals surface area contributed by atoms with Gasteiger partial charge < -0.3 is 0 Å². The number of rotatable bonds is 5. The third-order valence-corrected chi connectivity index (χ3v) is 1.08. The first kappa shape index (κ1) is 12.6. The molecule has 10 heavy (non-hydrogen) atoms. The average molecular weight is 135 g/mol. The molecule has 2 nitrogen and oxygen atoms in total. The van der Waals surface area contributed by atoms with Crippen LogP contribution in [0, 0.1) is 0 Å². The van der Waals surface area contributed by atoms with E-state index in [4.69, 9.17) is 0 Å². The van der Waals surface area contributed by atoms with Gasteiger partial charge in [0.25, 0.3) is 0 Å². The number of hydrogen-bond acceptors (Lipinski definition) is 2. The van der Waals surface area contributed by atoms with Gasteiger partial charge in [-0.3, -0.25) is 9.59 Å². The second-order valence-electron chi connectivity index (χ2n) is 1.96. The van der Waals surface area contributed by atoms with Gasteiger partial charge in [-0.25, -0.2) is 0 Å². The predicted octanol–water partition coefficient (Wildman–Crippen LogP) is 0.597. The fraction of sp³-hybridized carbons (Fsp3) is 0.714. The van der Waals surface area contributed by atoms with E-state index >= 15 is 0 Å². The quantitative estimate of drug-likeness (QED) is 0.408. The molecule has 3 heteroatoms. The first-order chi connectivity index (χ1) is 4.31. The van der Waals surface area contributed by atoms with Crippen LogP contribution in [0.15, 0.2) is 0 Å². The molecule has 0 aliphatic carbocycles. The van der Waals surface area contributed by atoms with Crippen molar-refractivity contribution in [1.82, 2.24) is 0 Å². The van der Waals surface area contributed by atoms with Crippen LogP contribution in [0.1, 0.15) is 32.6 Å². The van der Waals surface area contributed by atoms with Crippen LogP contribution in [0.2, 0.25) is 0 Å². The van der Waals surface area contributed by atoms with Crippen molar-refractivity contribution in [2.75, 3.05) is 0 Å². The first-order valence-electron chi connectivity index (χ1n) is 3.18. The SMILES string of the molecule is CCCCC(=O)C[C]=O.[LiH]. The fourth-order valence-corrected chi connectivity index (χ4v) is 0.543. The van der Waals surface area contributed by atoms with Gasteiger partial charge in [0.15, 0.2) is 0 Å². The summed E-state index contributed by atoms with van der Waals surface area (Å²) in [4.78, 5) is 20.2. The van der Waals surface area contributed by atoms with E-state index in [-0.39, 0.29) is 31.1 Å². The summed E-state index contributed by atoms with van der Waals surface area (Å²) in [5.41, 5.74) is 0. The Balaban J connectivity index is 0. The molecular formula is C7H12LiO2. The Labute approximate surface area is 73.5 Å². The second kappa shape index (κ2) is 8.94. The molecule has 0 aliphatic heterocycles. The number of ketones is 1. The van der Waals surface area contributed by atoms with Gasteiger partial charge in [0.05, 0.1) is 6.42 Å². The van der Waals surface area contributed by atoms with Crippen molar-refractivity contribution in [3.05, 3.63) is 0 Å². The second-order valence-corrected chi connectivity index (χ2v) is 1.96. The molecule has 0 fully saturated rings. The Morgan fingerprint density at radius 2 is 2.10 bits per heavy atom. The van der Waals surface area contributed by atoms with E-state index in [1.807, 2.05) is 6.92 Å². The first-order valence-corrected chi connectivity index (χ1v) is 3.18. The molecule has 0 N–H and O–H groups in total. The normalized spacial score (nSPS) is 8.10. The van der Waals surface area contributed by atoms with Crippen LogP contribution in [0.25, 0.3) is 0 Å². The standard InChI is InChI=1S/C7H11O2.Li.H/c1-2-3-4-7(9)5-6-8;;/h2-5H2,1H3;;. The van der Waals surface area contributed by atoms with E-state index in [1.165, 1.54) is 0 Å². The molecule has 0 unspecified atom stereocenters. The Morgan fingerprint density at radius 3 is 2.50 bits per heavy atom. The van der Waals surface area contributed by atoms with Crippen LogP contribution in [-0.4, -0.2) is 30.9 Å². The zero-order valence-electron chi connectivity index (χ0n) is 5.64. The van der Waals surface area contributed by atoms with Crippen molar-refractivity contribution >= 4 is 30.9 Å². The van der Waals surface area contributed by atoms with Gasteiger partial charge in [-0.2, -0.15) is 0 Å². The molecule has 1 radical (unpaired) electrons. The van der Waals surface area contributed by atoms with Gasteiger partial charge in [-0.1, -0.05) is 13.3 Å². The van der Waals surface area contributed by atoms with Crippen molar-refractivity contribution < 1.29 is 9.59 Å². The Kier molecular flexibility index (Phi) is 11.3. The molecular weight excluding hydrogens is 123 g/mol. The summed E-state index contributed by atoms with van der Waals surface area (Å²) in [5.74, 6) is 0.00634. The van der Waals surface area contributed by atoms with Gasteiger partial charge in [0.1, 0.15) is 5.78 Å². The van der Waals surface area contributed by atoms with Gasteiger partial charge in [-0.15, -0.1) is 0 Å². The number of carbonyl (C=O) groups is 1. The van der Waals surface area contributed by atoms with Crippen LogP contribution >= 0.6 is 0 Å². The molecule has 0 saturated carbocycles. The molecule has 0 heterocycles. The summed E-state index contributed by atoms with van der Waals surface area (Å²) in [6.45, 7) is 2.01. The molecule has 0 aromatic carbocycles. The summed E-state index contributed by atoms with van der Waals surface area (Å²) < 4.78 is 0. The monoisotopic (exact) mass is 135 g/mol. The molecule has 0 atom stereocenters. The van der Waals surface area contributed by atoms with Gasteiger partial charge in [0, 0.05) is 6.42 Å². The van der Waals surface area contributed by atoms with Gasteiger partial charge in [0.2, 0.25) is 6.29 Å². The summed E-state index contributed by atoms with van der Waals surface area (Å²) in [7, 11) is 0. The van der Waals surface area contributed by atoms with E-state index in [2.05, 4.69) is 0 Å². The van der Waals surface area contributed by atoms with E-state index < -0.39 is 0 Å². The van der Waals surface area contributed by atoms with Crippen molar-refractivity contribution in [3.63, 3.8) is 0 Å². The Hall–Kier alpha value is -0.0626. The van der Waals surface area contributed by atoms with E-state index in [1.54, 1.807) is 6.29 Å². The topological polar surface area (TPSA) is 34.1 Å². The predicted molar refractivity (Wildman–Crippen MR) is 42.0 cm³/mol. The van der Waals surface area contributed by atoms with Crippen LogP contribution in [-0.2, 0) is 9.59 Å². The number of hydrogen-bond donors (Lipinski definition) is 0. The minimum absolute atomic E-state index is 0. The molecule has 0 aliphatic rings. The van der Waals surface area contributed by atoms with Crippen LogP contribution < -0.4 is 0 Å². The van der Waals surface area contributed by atoms with Crippen LogP contribution in [0.4, 0.5) is 0 Å². The summed E-state index contributed by atoms with van der Waals surface area (Å²) in [6.07, 6.45) is 3.98. The van der Waals surface area contributed by atoms with Crippen molar-refractivity contribution in [3.8, 4) is 0 Å². The fourth-order valence-electron chi connectivity index (χ4n) is 0.543. The molecule has 0 spiro atoms. The maximum atomic E-state index is 10.5. The van der Waals surface area contributed by atoms with Crippen LogP contribution in [0.3, 0.4) is 0 Å². The van der Waals surface area contributed by atoms with E-state index in [9.17, 15) is 9.59 Å². The summed E-state index contributed by atoms with van der Waals surface area (Å²) >= 11 is 0. The molecule has 0 amide bonds. The molecule has 53 valence electrons. The minimum atomic E-state index is -0.0278. The van der Waals surface area contributed by atoms with E-state index in [0.717, 1.165) is 12.8 Å². The third-order valence-electron chi connectivity index (χ3n) is 1.08.